The quantitative estimate of drug-likeness (QED) is 0.817. The minimum absolute atomic E-state index is 0.205. The van der Waals surface area contributed by atoms with Crippen LogP contribution in [0.1, 0.15) is 31.4 Å². The van der Waals surface area contributed by atoms with Gasteiger partial charge in [0.15, 0.2) is 0 Å². The van der Waals surface area contributed by atoms with Crippen molar-refractivity contribution in [1.29, 1.82) is 0 Å². The number of hydrogen-bond acceptors (Lipinski definition) is 2. The fourth-order valence-electron chi connectivity index (χ4n) is 2.31. The van der Waals surface area contributed by atoms with Crippen LogP contribution in [0, 0.1) is 0 Å². The molecule has 1 aromatic rings. The second kappa shape index (κ2) is 4.33. The van der Waals surface area contributed by atoms with Crippen molar-refractivity contribution >= 4 is 0 Å². The molecule has 2 rings (SSSR count). The maximum atomic E-state index is 9.37. The van der Waals surface area contributed by atoms with Crippen LogP contribution in [-0.2, 0) is 13.1 Å². The van der Waals surface area contributed by atoms with E-state index in [0.29, 0.717) is 6.04 Å². The van der Waals surface area contributed by atoms with E-state index in [2.05, 4.69) is 36.1 Å². The molecule has 0 aliphatic carbocycles. The Morgan fingerprint density at radius 3 is 2.20 bits per heavy atom. The summed E-state index contributed by atoms with van der Waals surface area (Å²) in [7, 11) is 0. The van der Waals surface area contributed by atoms with E-state index in [1.807, 2.05) is 6.92 Å². The molecule has 0 spiro atoms. The number of aliphatic hydroxyl groups excluding tert-OH is 1. The van der Waals surface area contributed by atoms with Crippen LogP contribution in [0.15, 0.2) is 24.3 Å². The molecular formula is C13H19NO. The van der Waals surface area contributed by atoms with Gasteiger partial charge in [0.2, 0.25) is 0 Å². The molecule has 0 aromatic heterocycles. The van der Waals surface area contributed by atoms with E-state index in [0.717, 1.165) is 19.5 Å². The number of aliphatic hydroxyl groups is 1. The highest BCUT2D eigenvalue weighted by atomic mass is 16.3. The summed E-state index contributed by atoms with van der Waals surface area (Å²) in [5, 5.41) is 9.37. The van der Waals surface area contributed by atoms with Gasteiger partial charge in [0.1, 0.15) is 0 Å². The Morgan fingerprint density at radius 1 is 1.20 bits per heavy atom. The normalized spacial score (nSPS) is 19.9. The first kappa shape index (κ1) is 10.7. The van der Waals surface area contributed by atoms with E-state index in [1.165, 1.54) is 11.1 Å². The Kier molecular flexibility index (Phi) is 3.08. The molecule has 82 valence electrons. The van der Waals surface area contributed by atoms with Gasteiger partial charge in [-0.3, -0.25) is 4.90 Å². The van der Waals surface area contributed by atoms with Gasteiger partial charge in [0.05, 0.1) is 6.10 Å². The fourth-order valence-corrected chi connectivity index (χ4v) is 2.31. The highest BCUT2D eigenvalue weighted by molar-refractivity contribution is 5.30. The largest absolute Gasteiger partial charge is 0.393 e. The first-order valence-corrected chi connectivity index (χ1v) is 5.65. The molecule has 1 heterocycles. The van der Waals surface area contributed by atoms with Crippen LogP contribution in [0.5, 0.6) is 0 Å². The molecule has 1 aliphatic heterocycles. The summed E-state index contributed by atoms with van der Waals surface area (Å²) in [5.41, 5.74) is 2.88. The monoisotopic (exact) mass is 205 g/mol. The molecule has 2 unspecified atom stereocenters. The summed E-state index contributed by atoms with van der Waals surface area (Å²) >= 11 is 0. The lowest BCUT2D eigenvalue weighted by atomic mass is 10.1. The fraction of sp³-hybridized carbons (Fsp3) is 0.538. The van der Waals surface area contributed by atoms with E-state index in [9.17, 15) is 5.11 Å². The molecule has 0 saturated carbocycles. The van der Waals surface area contributed by atoms with Crippen LogP contribution in [0.3, 0.4) is 0 Å². The highest BCUT2D eigenvalue weighted by Crippen LogP contribution is 2.25. The average molecular weight is 205 g/mol. The zero-order chi connectivity index (χ0) is 10.8. The summed E-state index contributed by atoms with van der Waals surface area (Å²) < 4.78 is 0. The van der Waals surface area contributed by atoms with E-state index in [1.54, 1.807) is 0 Å². The van der Waals surface area contributed by atoms with Gasteiger partial charge in [-0.1, -0.05) is 24.3 Å². The topological polar surface area (TPSA) is 23.5 Å². The van der Waals surface area contributed by atoms with E-state index >= 15 is 0 Å². The summed E-state index contributed by atoms with van der Waals surface area (Å²) in [6, 6.07) is 9.05. The molecule has 0 saturated heterocycles. The molecule has 1 aromatic carbocycles. The van der Waals surface area contributed by atoms with Crippen molar-refractivity contribution in [2.75, 3.05) is 0 Å². The summed E-state index contributed by atoms with van der Waals surface area (Å²) in [6.07, 6.45) is 0.650. The number of fused-ring (bicyclic) bond motifs is 1. The van der Waals surface area contributed by atoms with Gasteiger partial charge in [-0.2, -0.15) is 0 Å². The zero-order valence-corrected chi connectivity index (χ0v) is 9.48. The SMILES string of the molecule is CC(O)CC(C)N1Cc2ccccc2C1. The standard InChI is InChI=1S/C13H19NO/c1-10(7-11(2)15)14-8-12-5-3-4-6-13(12)9-14/h3-6,10-11,15H,7-9H2,1-2H3. The molecule has 0 radical (unpaired) electrons. The third kappa shape index (κ3) is 2.39. The van der Waals surface area contributed by atoms with E-state index in [-0.39, 0.29) is 6.10 Å². The molecule has 2 heteroatoms. The van der Waals surface area contributed by atoms with Crippen molar-refractivity contribution in [2.24, 2.45) is 0 Å². The molecule has 15 heavy (non-hydrogen) atoms. The third-order valence-electron chi connectivity index (χ3n) is 3.17. The summed E-state index contributed by atoms with van der Waals surface area (Å²) in [6.45, 7) is 6.12. The number of hydrogen-bond donors (Lipinski definition) is 1. The minimum atomic E-state index is -0.205. The predicted octanol–water partition coefficient (Wildman–Crippen LogP) is 2.16. The van der Waals surface area contributed by atoms with Crippen LogP contribution in [0.4, 0.5) is 0 Å². The molecule has 1 aliphatic rings. The Morgan fingerprint density at radius 2 is 1.73 bits per heavy atom. The van der Waals surface area contributed by atoms with Crippen LogP contribution >= 0.6 is 0 Å². The number of benzene rings is 1. The van der Waals surface area contributed by atoms with Gasteiger partial charge in [0.25, 0.3) is 0 Å². The average Bonchev–Trinajstić information content (AvgIpc) is 2.59. The molecule has 0 fully saturated rings. The summed E-state index contributed by atoms with van der Waals surface area (Å²) in [5.74, 6) is 0. The third-order valence-corrected chi connectivity index (χ3v) is 3.17. The van der Waals surface area contributed by atoms with Gasteiger partial charge in [-0.15, -0.1) is 0 Å². The zero-order valence-electron chi connectivity index (χ0n) is 9.48. The summed E-state index contributed by atoms with van der Waals surface area (Å²) in [4.78, 5) is 2.43. The first-order valence-electron chi connectivity index (χ1n) is 5.65. The predicted molar refractivity (Wildman–Crippen MR) is 61.4 cm³/mol. The van der Waals surface area contributed by atoms with Gasteiger partial charge in [-0.25, -0.2) is 0 Å². The Bertz CT molecular complexity index is 310. The van der Waals surface area contributed by atoms with Gasteiger partial charge < -0.3 is 5.11 Å². The lowest BCUT2D eigenvalue weighted by Gasteiger charge is -2.24. The number of rotatable bonds is 3. The van der Waals surface area contributed by atoms with Crippen molar-refractivity contribution in [3.8, 4) is 0 Å². The van der Waals surface area contributed by atoms with Gasteiger partial charge >= 0.3 is 0 Å². The maximum absolute atomic E-state index is 9.37. The van der Waals surface area contributed by atoms with Crippen LogP contribution in [0.2, 0.25) is 0 Å². The van der Waals surface area contributed by atoms with Crippen LogP contribution < -0.4 is 0 Å². The van der Waals surface area contributed by atoms with Gasteiger partial charge in [0, 0.05) is 19.1 Å². The second-order valence-corrected chi connectivity index (χ2v) is 4.61. The smallest absolute Gasteiger partial charge is 0.0526 e. The van der Waals surface area contributed by atoms with E-state index < -0.39 is 0 Å². The lowest BCUT2D eigenvalue weighted by molar-refractivity contribution is 0.119. The van der Waals surface area contributed by atoms with Crippen LogP contribution in [0.25, 0.3) is 0 Å². The first-order chi connectivity index (χ1) is 7.16. The lowest BCUT2D eigenvalue weighted by Crippen LogP contribution is -2.30. The van der Waals surface area contributed by atoms with Crippen molar-refractivity contribution in [2.45, 2.75) is 45.5 Å². The van der Waals surface area contributed by atoms with Crippen molar-refractivity contribution < 1.29 is 5.11 Å². The second-order valence-electron chi connectivity index (χ2n) is 4.61. The molecule has 0 amide bonds. The Balaban J connectivity index is 2.00. The van der Waals surface area contributed by atoms with Crippen molar-refractivity contribution in [1.82, 2.24) is 4.90 Å². The Hall–Kier alpha value is -0.860. The van der Waals surface area contributed by atoms with Crippen molar-refractivity contribution in [3.63, 3.8) is 0 Å². The Labute approximate surface area is 91.5 Å². The molecule has 0 bridgehead atoms. The molecule has 2 nitrogen and oxygen atoms in total. The minimum Gasteiger partial charge on any atom is -0.393 e. The van der Waals surface area contributed by atoms with E-state index in [4.69, 9.17) is 0 Å². The maximum Gasteiger partial charge on any atom is 0.0526 e. The number of nitrogens with zero attached hydrogens (tertiary/aromatic N) is 1. The van der Waals surface area contributed by atoms with Gasteiger partial charge in [-0.05, 0) is 31.4 Å². The highest BCUT2D eigenvalue weighted by Gasteiger charge is 2.23. The van der Waals surface area contributed by atoms with Crippen molar-refractivity contribution in [3.05, 3.63) is 35.4 Å². The molecule has 2 atom stereocenters. The molecular weight excluding hydrogens is 186 g/mol. The van der Waals surface area contributed by atoms with Crippen LogP contribution in [-0.4, -0.2) is 22.2 Å². The molecule has 1 N–H and O–H groups in total.